The fraction of sp³-hybridized carbons (Fsp3) is 0.800. The number of aliphatic hydroxyl groups is 3. The minimum atomic E-state index is -4.73. The summed E-state index contributed by atoms with van der Waals surface area (Å²) in [5.41, 5.74) is 0. The van der Waals surface area contributed by atoms with Gasteiger partial charge in [-0.25, -0.2) is 0 Å². The Morgan fingerprint density at radius 1 is 1.38 bits per heavy atom. The van der Waals surface area contributed by atoms with Gasteiger partial charge in [-0.15, -0.1) is 0 Å². The van der Waals surface area contributed by atoms with Gasteiger partial charge in [-0.1, -0.05) is 0 Å². The number of aliphatic hydroxyl groups excluding tert-OH is 3. The largest absolute Gasteiger partial charge is 0.387 e. The van der Waals surface area contributed by atoms with Crippen molar-refractivity contribution >= 4 is 7.60 Å². The zero-order chi connectivity index (χ0) is 10.2. The highest BCUT2D eigenvalue weighted by Gasteiger charge is 2.46. The second-order valence-electron chi connectivity index (χ2n) is 2.72. The zero-order valence-electron chi connectivity index (χ0n) is 6.39. The van der Waals surface area contributed by atoms with Crippen molar-refractivity contribution in [3.63, 3.8) is 0 Å². The lowest BCUT2D eigenvalue weighted by atomic mass is 10.2. The Hall–Kier alpha value is -0.0100. The fourth-order valence-corrected chi connectivity index (χ4v) is 1.59. The SMILES string of the molecule is O=P(O)(O)C(O)[C@@H]1O[CH][C@@H](O)[C@H]1O. The van der Waals surface area contributed by atoms with E-state index in [9.17, 15) is 4.57 Å². The van der Waals surface area contributed by atoms with E-state index in [1.807, 2.05) is 0 Å². The number of hydrogen-bond acceptors (Lipinski definition) is 5. The van der Waals surface area contributed by atoms with Gasteiger partial charge in [-0.2, -0.15) is 0 Å². The molecular weight excluding hydrogens is 203 g/mol. The van der Waals surface area contributed by atoms with E-state index in [0.717, 1.165) is 6.61 Å². The highest BCUT2D eigenvalue weighted by molar-refractivity contribution is 7.52. The molecule has 5 N–H and O–H groups in total. The average molecular weight is 213 g/mol. The molecule has 13 heavy (non-hydrogen) atoms. The van der Waals surface area contributed by atoms with E-state index in [-0.39, 0.29) is 0 Å². The molecule has 1 aliphatic heterocycles. The van der Waals surface area contributed by atoms with Gasteiger partial charge >= 0.3 is 7.60 Å². The Labute approximate surface area is 73.7 Å². The maximum absolute atomic E-state index is 10.5. The van der Waals surface area contributed by atoms with Crippen LogP contribution in [0, 0.1) is 6.61 Å². The highest BCUT2D eigenvalue weighted by Crippen LogP contribution is 2.44. The standard InChI is InChI=1S/C5H10O7P/c6-2-1-12-4(3(2)7)5(8)13(9,10)11/h1-8H,(H2,9,10,11)/t2-,3-,4-,5?/m1/s1. The van der Waals surface area contributed by atoms with Crippen LogP contribution in [0.2, 0.25) is 0 Å². The van der Waals surface area contributed by atoms with Crippen molar-refractivity contribution < 1.29 is 34.4 Å². The molecule has 1 aliphatic rings. The van der Waals surface area contributed by atoms with Gasteiger partial charge in [0.1, 0.15) is 24.9 Å². The summed E-state index contributed by atoms with van der Waals surface area (Å²) < 4.78 is 15.0. The third-order valence-corrected chi connectivity index (χ3v) is 2.68. The summed E-state index contributed by atoms with van der Waals surface area (Å²) in [4.78, 5) is 17.1. The van der Waals surface area contributed by atoms with Gasteiger partial charge in [0.25, 0.3) is 0 Å². The molecule has 0 spiro atoms. The van der Waals surface area contributed by atoms with E-state index in [2.05, 4.69) is 4.74 Å². The maximum Gasteiger partial charge on any atom is 0.356 e. The summed E-state index contributed by atoms with van der Waals surface area (Å²) in [7, 11) is -4.73. The summed E-state index contributed by atoms with van der Waals surface area (Å²) in [6, 6.07) is 0. The van der Waals surface area contributed by atoms with Crippen LogP contribution in [0.4, 0.5) is 0 Å². The van der Waals surface area contributed by atoms with Crippen molar-refractivity contribution in [3.8, 4) is 0 Å². The van der Waals surface area contributed by atoms with Crippen LogP contribution in [0.3, 0.4) is 0 Å². The summed E-state index contributed by atoms with van der Waals surface area (Å²) in [6.45, 7) is 0.814. The van der Waals surface area contributed by atoms with Crippen molar-refractivity contribution in [1.82, 2.24) is 0 Å². The van der Waals surface area contributed by atoms with E-state index in [1.165, 1.54) is 0 Å². The molecule has 1 unspecified atom stereocenters. The molecule has 1 heterocycles. The van der Waals surface area contributed by atoms with Crippen LogP contribution in [0.15, 0.2) is 0 Å². The molecule has 8 heteroatoms. The lowest BCUT2D eigenvalue weighted by molar-refractivity contribution is -0.0245. The zero-order valence-corrected chi connectivity index (χ0v) is 7.28. The van der Waals surface area contributed by atoms with E-state index in [0.29, 0.717) is 0 Å². The molecule has 1 rings (SSSR count). The molecule has 0 aliphatic carbocycles. The third-order valence-electron chi connectivity index (χ3n) is 1.70. The van der Waals surface area contributed by atoms with Crippen LogP contribution < -0.4 is 0 Å². The molecule has 0 bridgehead atoms. The highest BCUT2D eigenvalue weighted by atomic mass is 31.2. The first kappa shape index (κ1) is 11.1. The third kappa shape index (κ3) is 2.26. The molecule has 1 saturated heterocycles. The average Bonchev–Trinajstić information content (AvgIpc) is 2.30. The Balaban J connectivity index is 2.69. The van der Waals surface area contributed by atoms with Crippen LogP contribution >= 0.6 is 7.60 Å². The molecule has 0 saturated carbocycles. The van der Waals surface area contributed by atoms with Gasteiger partial charge < -0.3 is 29.8 Å². The van der Waals surface area contributed by atoms with Crippen LogP contribution in [0.1, 0.15) is 0 Å². The number of hydrogen-bond donors (Lipinski definition) is 5. The number of ether oxygens (including phenoxy) is 1. The quantitative estimate of drug-likeness (QED) is 0.328. The van der Waals surface area contributed by atoms with Crippen LogP contribution in [-0.2, 0) is 9.30 Å². The molecule has 0 aromatic rings. The normalized spacial score (nSPS) is 37.8. The molecule has 1 fully saturated rings. The Morgan fingerprint density at radius 3 is 2.23 bits per heavy atom. The first-order valence-corrected chi connectivity index (χ1v) is 5.10. The van der Waals surface area contributed by atoms with Gasteiger partial charge in [0.2, 0.25) is 0 Å². The van der Waals surface area contributed by atoms with Gasteiger partial charge in [-0.3, -0.25) is 4.57 Å². The smallest absolute Gasteiger partial charge is 0.356 e. The van der Waals surface area contributed by atoms with Crippen molar-refractivity contribution in [3.05, 3.63) is 6.61 Å². The second-order valence-corrected chi connectivity index (χ2v) is 4.43. The van der Waals surface area contributed by atoms with Crippen molar-refractivity contribution in [2.24, 2.45) is 0 Å². The Morgan fingerprint density at radius 2 is 1.92 bits per heavy atom. The Bertz CT molecular complexity index is 225. The molecule has 0 amide bonds. The fourth-order valence-electron chi connectivity index (χ4n) is 0.965. The predicted octanol–water partition coefficient (Wildman–Crippen LogP) is -2.24. The van der Waals surface area contributed by atoms with Crippen molar-refractivity contribution in [2.75, 3.05) is 0 Å². The minimum Gasteiger partial charge on any atom is -0.387 e. The summed E-state index contributed by atoms with van der Waals surface area (Å²) in [6.07, 6.45) is -4.36. The summed E-state index contributed by atoms with van der Waals surface area (Å²) >= 11 is 0. The van der Waals surface area contributed by atoms with E-state index < -0.39 is 31.8 Å². The Kier molecular flexibility index (Phi) is 3.09. The first-order valence-electron chi connectivity index (χ1n) is 3.42. The van der Waals surface area contributed by atoms with Gasteiger partial charge in [0, 0.05) is 0 Å². The summed E-state index contributed by atoms with van der Waals surface area (Å²) in [5, 5.41) is 27.0. The van der Waals surface area contributed by atoms with Crippen LogP contribution in [0.25, 0.3) is 0 Å². The lowest BCUT2D eigenvalue weighted by Crippen LogP contribution is -2.38. The van der Waals surface area contributed by atoms with Crippen LogP contribution in [-0.4, -0.2) is 49.3 Å². The van der Waals surface area contributed by atoms with Crippen molar-refractivity contribution in [1.29, 1.82) is 0 Å². The molecule has 7 nitrogen and oxygen atoms in total. The molecule has 1 radical (unpaired) electrons. The lowest BCUT2D eigenvalue weighted by Gasteiger charge is -2.21. The monoisotopic (exact) mass is 213 g/mol. The minimum absolute atomic E-state index is 0.814. The first-order chi connectivity index (χ1) is 5.84. The summed E-state index contributed by atoms with van der Waals surface area (Å²) in [5.74, 6) is -2.13. The number of rotatable bonds is 2. The topological polar surface area (TPSA) is 127 Å². The molecule has 0 aromatic heterocycles. The molecule has 4 atom stereocenters. The molecular formula is C5H10O7P. The molecule has 0 aromatic carbocycles. The van der Waals surface area contributed by atoms with Crippen molar-refractivity contribution in [2.45, 2.75) is 24.2 Å². The van der Waals surface area contributed by atoms with Gasteiger partial charge in [-0.05, 0) is 0 Å². The predicted molar refractivity (Wildman–Crippen MR) is 39.2 cm³/mol. The molecule has 77 valence electrons. The van der Waals surface area contributed by atoms with Gasteiger partial charge in [0.05, 0.1) is 0 Å². The van der Waals surface area contributed by atoms with E-state index in [1.54, 1.807) is 0 Å². The van der Waals surface area contributed by atoms with Gasteiger partial charge in [0.15, 0.2) is 5.85 Å². The second kappa shape index (κ2) is 3.62. The maximum atomic E-state index is 10.5. The van der Waals surface area contributed by atoms with E-state index in [4.69, 9.17) is 25.1 Å². The van der Waals surface area contributed by atoms with Crippen LogP contribution in [0.5, 0.6) is 0 Å². The van der Waals surface area contributed by atoms with E-state index >= 15 is 0 Å².